The second-order valence-corrected chi connectivity index (χ2v) is 11.8. The van der Waals surface area contributed by atoms with Crippen molar-refractivity contribution in [2.45, 2.75) is 6.92 Å². The van der Waals surface area contributed by atoms with E-state index in [-0.39, 0.29) is 0 Å². The summed E-state index contributed by atoms with van der Waals surface area (Å²) in [6.45, 7) is 1.79. The molecule has 0 aliphatic heterocycles. The molecule has 6 rings (SSSR count). The predicted molar refractivity (Wildman–Crippen MR) is 145 cm³/mol. The molecule has 0 spiro atoms. The molecule has 3 N–H and O–H groups in total. The summed E-state index contributed by atoms with van der Waals surface area (Å²) in [6, 6.07) is 11.7. The van der Waals surface area contributed by atoms with Crippen molar-refractivity contribution >= 4 is 47.5 Å². The number of aromatic amines is 2. The summed E-state index contributed by atoms with van der Waals surface area (Å²) >= 11 is 5.14. The monoisotopic (exact) mass is 512 g/mol. The quantitative estimate of drug-likeness (QED) is 0.295. The first-order valence-electron chi connectivity index (χ1n) is 11.2. The van der Waals surface area contributed by atoms with Gasteiger partial charge in [-0.15, -0.1) is 0 Å². The van der Waals surface area contributed by atoms with E-state index in [0.29, 0.717) is 23.0 Å². The fourth-order valence-corrected chi connectivity index (χ4v) is 4.96. The molecule has 0 bridgehead atoms. The molecule has 9 nitrogen and oxygen atoms in total. The van der Waals surface area contributed by atoms with Crippen LogP contribution in [0.25, 0.3) is 55.7 Å². The van der Waals surface area contributed by atoms with Gasteiger partial charge in [0.05, 0.1) is 29.1 Å². The molecule has 0 aliphatic rings. The molecule has 5 aromatic heterocycles. The van der Waals surface area contributed by atoms with Gasteiger partial charge in [0.25, 0.3) is 0 Å². The molecule has 0 amide bonds. The molecule has 0 fully saturated rings. The van der Waals surface area contributed by atoms with Gasteiger partial charge in [-0.2, -0.15) is 5.10 Å². The van der Waals surface area contributed by atoms with Gasteiger partial charge in [0, 0.05) is 63.8 Å². The third-order valence-corrected chi connectivity index (χ3v) is 8.14. The van der Waals surface area contributed by atoms with Crippen molar-refractivity contribution in [2.75, 3.05) is 10.5 Å². The Labute approximate surface area is 211 Å². The number of pyridine rings is 3. The number of H-pyrrole nitrogens is 2. The third kappa shape index (κ3) is 4.08. The van der Waals surface area contributed by atoms with E-state index >= 15 is 0 Å². The standard InChI is InChI=1S/C25H20N8OS2/c1-2-36(34,35)33-18-8-17(11-27-12-18)15-5-6-21-19(9-15)24(32-31-21)25-29-22-14-28-13-20(23(22)30-25)16-4-3-7-26-10-16/h3-14,33H,2H2,1H3,(H,29,30)(H,31,32). The van der Waals surface area contributed by atoms with Crippen LogP contribution in [0, 0.1) is 0 Å². The van der Waals surface area contributed by atoms with Crippen LogP contribution < -0.4 is 4.72 Å². The zero-order valence-corrected chi connectivity index (χ0v) is 20.7. The van der Waals surface area contributed by atoms with Gasteiger partial charge in [-0.1, -0.05) is 19.1 Å². The minimum atomic E-state index is -2.57. The molecule has 11 heteroatoms. The van der Waals surface area contributed by atoms with Crippen LogP contribution in [0.1, 0.15) is 6.92 Å². The van der Waals surface area contributed by atoms with Crippen LogP contribution in [0.4, 0.5) is 5.69 Å². The van der Waals surface area contributed by atoms with Crippen LogP contribution in [0.2, 0.25) is 0 Å². The summed E-state index contributed by atoms with van der Waals surface area (Å²) in [5.41, 5.74) is 7.43. The number of anilines is 1. The summed E-state index contributed by atoms with van der Waals surface area (Å²) in [4.78, 5) is 21.1. The minimum Gasteiger partial charge on any atom is -0.335 e. The Bertz CT molecular complexity index is 1830. The van der Waals surface area contributed by atoms with Crippen LogP contribution in [0.3, 0.4) is 0 Å². The molecular weight excluding hydrogens is 492 g/mol. The molecule has 1 aromatic carbocycles. The third-order valence-electron chi connectivity index (χ3n) is 5.88. The van der Waals surface area contributed by atoms with Crippen molar-refractivity contribution in [2.24, 2.45) is 0 Å². The first-order chi connectivity index (χ1) is 17.5. The highest BCUT2D eigenvalue weighted by Crippen LogP contribution is 2.33. The molecular formula is C25H20N8OS2. The highest BCUT2D eigenvalue weighted by Gasteiger charge is 2.16. The lowest BCUT2D eigenvalue weighted by Crippen LogP contribution is -2.13. The van der Waals surface area contributed by atoms with Crippen LogP contribution in [-0.2, 0) is 19.9 Å². The van der Waals surface area contributed by atoms with Crippen LogP contribution >= 0.6 is 0 Å². The normalized spacial score (nSPS) is 13.1. The lowest BCUT2D eigenvalue weighted by atomic mass is 10.0. The average Bonchev–Trinajstić information content (AvgIpc) is 3.52. The molecule has 0 radical (unpaired) electrons. The predicted octanol–water partition coefficient (Wildman–Crippen LogP) is 4.72. The summed E-state index contributed by atoms with van der Waals surface area (Å²) in [5.74, 6) is 0.987. The highest BCUT2D eigenvalue weighted by atomic mass is 32.8. The molecule has 0 saturated carbocycles. The largest absolute Gasteiger partial charge is 0.335 e. The van der Waals surface area contributed by atoms with Gasteiger partial charge in [0.15, 0.2) is 5.82 Å². The number of fused-ring (bicyclic) bond motifs is 2. The molecule has 178 valence electrons. The lowest BCUT2D eigenvalue weighted by Gasteiger charge is -2.10. The second kappa shape index (κ2) is 8.77. The summed E-state index contributed by atoms with van der Waals surface area (Å²) in [6.07, 6.45) is 10.5. The van der Waals surface area contributed by atoms with E-state index in [9.17, 15) is 4.21 Å². The van der Waals surface area contributed by atoms with E-state index in [4.69, 9.17) is 16.2 Å². The van der Waals surface area contributed by atoms with Gasteiger partial charge >= 0.3 is 0 Å². The van der Waals surface area contributed by atoms with Crippen molar-refractivity contribution in [1.82, 2.24) is 35.1 Å². The Kier molecular flexibility index (Phi) is 5.42. The summed E-state index contributed by atoms with van der Waals surface area (Å²) < 4.78 is 15.3. The van der Waals surface area contributed by atoms with Crippen LogP contribution in [0.15, 0.2) is 73.6 Å². The first-order valence-corrected chi connectivity index (χ1v) is 13.8. The number of nitrogens with one attached hydrogen (secondary N) is 3. The van der Waals surface area contributed by atoms with Crippen molar-refractivity contribution in [3.8, 4) is 33.8 Å². The Balaban J connectivity index is 1.43. The highest BCUT2D eigenvalue weighted by molar-refractivity contribution is 8.33. The van der Waals surface area contributed by atoms with E-state index in [1.807, 2.05) is 36.4 Å². The van der Waals surface area contributed by atoms with Crippen molar-refractivity contribution in [3.63, 3.8) is 0 Å². The maximum Gasteiger partial charge on any atom is 0.159 e. The Morgan fingerprint density at radius 3 is 2.64 bits per heavy atom. The number of benzene rings is 1. The fraction of sp³-hybridized carbons (Fsp3) is 0.0800. The number of aromatic nitrogens is 7. The Morgan fingerprint density at radius 1 is 0.944 bits per heavy atom. The van der Waals surface area contributed by atoms with E-state index < -0.39 is 8.68 Å². The van der Waals surface area contributed by atoms with Gasteiger partial charge in [0.1, 0.15) is 19.9 Å². The number of hydrogen-bond acceptors (Lipinski definition) is 7. The molecule has 1 atom stereocenters. The number of hydrogen-bond donors (Lipinski definition) is 3. The zero-order valence-electron chi connectivity index (χ0n) is 19.1. The van der Waals surface area contributed by atoms with E-state index in [2.05, 4.69) is 34.9 Å². The van der Waals surface area contributed by atoms with Gasteiger partial charge < -0.3 is 9.71 Å². The minimum absolute atomic E-state index is 0.354. The van der Waals surface area contributed by atoms with Crippen LogP contribution in [-0.4, -0.2) is 45.1 Å². The summed E-state index contributed by atoms with van der Waals surface area (Å²) in [5, 5.41) is 8.54. The van der Waals surface area contributed by atoms with E-state index in [0.717, 1.165) is 44.2 Å². The van der Waals surface area contributed by atoms with Crippen molar-refractivity contribution in [3.05, 3.63) is 73.6 Å². The van der Waals surface area contributed by atoms with Gasteiger partial charge in [-0.3, -0.25) is 20.1 Å². The van der Waals surface area contributed by atoms with Crippen LogP contribution in [0.5, 0.6) is 0 Å². The topological polar surface area (TPSA) is 125 Å². The Morgan fingerprint density at radius 2 is 1.81 bits per heavy atom. The molecule has 6 aromatic rings. The number of nitrogens with zero attached hydrogens (tertiary/aromatic N) is 5. The fourth-order valence-electron chi connectivity index (χ4n) is 4.06. The molecule has 0 aliphatic carbocycles. The lowest BCUT2D eigenvalue weighted by molar-refractivity contribution is 0.686. The molecule has 5 heterocycles. The maximum atomic E-state index is 12.3. The average molecular weight is 513 g/mol. The molecule has 0 saturated heterocycles. The van der Waals surface area contributed by atoms with Crippen molar-refractivity contribution in [1.29, 1.82) is 0 Å². The second-order valence-electron chi connectivity index (χ2n) is 8.21. The van der Waals surface area contributed by atoms with Gasteiger partial charge in [-0.05, 0) is 29.8 Å². The summed E-state index contributed by atoms with van der Waals surface area (Å²) in [7, 11) is -2.57. The first kappa shape index (κ1) is 22.3. The molecule has 1 unspecified atom stereocenters. The van der Waals surface area contributed by atoms with Gasteiger partial charge in [-0.25, -0.2) is 9.19 Å². The van der Waals surface area contributed by atoms with E-state index in [1.165, 1.54) is 0 Å². The Hall–Kier alpha value is -4.22. The smallest absolute Gasteiger partial charge is 0.159 e. The van der Waals surface area contributed by atoms with E-state index in [1.54, 1.807) is 44.1 Å². The van der Waals surface area contributed by atoms with Gasteiger partial charge in [0.2, 0.25) is 0 Å². The number of imidazole rings is 1. The number of rotatable bonds is 6. The zero-order chi connectivity index (χ0) is 24.7. The maximum absolute atomic E-state index is 12.3. The van der Waals surface area contributed by atoms with Crippen molar-refractivity contribution < 1.29 is 4.21 Å². The SMILES string of the molecule is CCS(=O)(=S)Nc1cncc(-c2ccc3[nH]nc(-c4nc5c(-c6cccnc6)cncc5[nH]4)c3c2)c1. The molecule has 36 heavy (non-hydrogen) atoms.